The number of thiophene rings is 1. The second kappa shape index (κ2) is 5.02. The summed E-state index contributed by atoms with van der Waals surface area (Å²) in [6.45, 7) is 3.69. The molecule has 0 radical (unpaired) electrons. The molecule has 0 amide bonds. The average molecular weight is 283 g/mol. The van der Waals surface area contributed by atoms with Crippen molar-refractivity contribution in [3.05, 3.63) is 62.8 Å². The standard InChI is InChI=1S/C15H13N3OS/c1-10(14-8-5-9-20-14)17-18-11(2)16-13-7-4-3-6-12(13)15(18)19/h3-9H,1-2H3. The summed E-state index contributed by atoms with van der Waals surface area (Å²) < 4.78 is 1.37. The van der Waals surface area contributed by atoms with Crippen molar-refractivity contribution in [3.63, 3.8) is 0 Å². The van der Waals surface area contributed by atoms with Crippen LogP contribution >= 0.6 is 11.3 Å². The third-order valence-electron chi connectivity index (χ3n) is 3.04. The molecule has 3 aromatic rings. The monoisotopic (exact) mass is 283 g/mol. The summed E-state index contributed by atoms with van der Waals surface area (Å²) in [5.41, 5.74) is 1.38. The number of aromatic nitrogens is 2. The molecule has 0 N–H and O–H groups in total. The molecule has 0 aliphatic heterocycles. The molecule has 0 saturated carbocycles. The second-order valence-electron chi connectivity index (χ2n) is 4.46. The van der Waals surface area contributed by atoms with Crippen LogP contribution in [0.25, 0.3) is 10.9 Å². The predicted octanol–water partition coefficient (Wildman–Crippen LogP) is 3.04. The molecule has 2 aromatic heterocycles. The van der Waals surface area contributed by atoms with Crippen LogP contribution < -0.4 is 5.56 Å². The van der Waals surface area contributed by atoms with Crippen LogP contribution in [0.3, 0.4) is 0 Å². The van der Waals surface area contributed by atoms with Crippen LogP contribution in [0.15, 0.2) is 51.7 Å². The maximum absolute atomic E-state index is 12.5. The molecule has 100 valence electrons. The van der Waals surface area contributed by atoms with Crippen LogP contribution in [0.5, 0.6) is 0 Å². The van der Waals surface area contributed by atoms with Crippen LogP contribution in [-0.4, -0.2) is 15.4 Å². The van der Waals surface area contributed by atoms with Gasteiger partial charge in [0.2, 0.25) is 0 Å². The fourth-order valence-electron chi connectivity index (χ4n) is 2.04. The summed E-state index contributed by atoms with van der Waals surface area (Å²) in [4.78, 5) is 17.9. The zero-order valence-corrected chi connectivity index (χ0v) is 12.0. The number of fused-ring (bicyclic) bond motifs is 1. The van der Waals surface area contributed by atoms with Crippen LogP contribution in [0, 0.1) is 6.92 Å². The number of rotatable bonds is 2. The number of benzene rings is 1. The topological polar surface area (TPSA) is 47.2 Å². The van der Waals surface area contributed by atoms with Gasteiger partial charge in [0.1, 0.15) is 5.82 Å². The Labute approximate surface area is 120 Å². The molecule has 0 aliphatic carbocycles. The van der Waals surface area contributed by atoms with Gasteiger partial charge in [0.15, 0.2) is 0 Å². The summed E-state index contributed by atoms with van der Waals surface area (Å²) in [5, 5.41) is 6.99. The molecule has 0 fully saturated rings. The van der Waals surface area contributed by atoms with E-state index < -0.39 is 0 Å². The molecule has 0 spiro atoms. The maximum Gasteiger partial charge on any atom is 0.282 e. The molecule has 0 bridgehead atoms. The van der Waals surface area contributed by atoms with Gasteiger partial charge in [-0.15, -0.1) is 11.3 Å². The molecule has 0 atom stereocenters. The number of aryl methyl sites for hydroxylation is 1. The molecule has 1 aromatic carbocycles. The van der Waals surface area contributed by atoms with Crippen molar-refractivity contribution in [1.82, 2.24) is 9.66 Å². The fraction of sp³-hybridized carbons (Fsp3) is 0.133. The lowest BCUT2D eigenvalue weighted by Crippen LogP contribution is -2.21. The van der Waals surface area contributed by atoms with Crippen LogP contribution in [0.2, 0.25) is 0 Å². The molecule has 20 heavy (non-hydrogen) atoms. The van der Waals surface area contributed by atoms with Gasteiger partial charge in [0, 0.05) is 0 Å². The summed E-state index contributed by atoms with van der Waals surface area (Å²) in [5.74, 6) is 0.588. The van der Waals surface area contributed by atoms with E-state index in [2.05, 4.69) is 10.1 Å². The van der Waals surface area contributed by atoms with E-state index in [9.17, 15) is 4.79 Å². The quantitative estimate of drug-likeness (QED) is 0.679. The van der Waals surface area contributed by atoms with E-state index in [0.29, 0.717) is 16.7 Å². The Morgan fingerprint density at radius 2 is 2.05 bits per heavy atom. The van der Waals surface area contributed by atoms with Gasteiger partial charge >= 0.3 is 0 Å². The van der Waals surface area contributed by atoms with Crippen LogP contribution in [-0.2, 0) is 0 Å². The Kier molecular flexibility index (Phi) is 3.20. The Bertz CT molecular complexity index is 847. The highest BCUT2D eigenvalue weighted by Crippen LogP contribution is 2.11. The lowest BCUT2D eigenvalue weighted by molar-refractivity contribution is 0.766. The Morgan fingerprint density at radius 3 is 2.80 bits per heavy atom. The molecule has 4 nitrogen and oxygen atoms in total. The molecule has 5 heteroatoms. The summed E-state index contributed by atoms with van der Waals surface area (Å²) >= 11 is 1.60. The Hall–Kier alpha value is -2.27. The molecule has 2 heterocycles. The van der Waals surface area contributed by atoms with Gasteiger partial charge in [-0.25, -0.2) is 4.98 Å². The van der Waals surface area contributed by atoms with E-state index >= 15 is 0 Å². The van der Waals surface area contributed by atoms with Crippen molar-refractivity contribution < 1.29 is 0 Å². The lowest BCUT2D eigenvalue weighted by atomic mass is 10.2. The summed E-state index contributed by atoms with van der Waals surface area (Å²) in [6, 6.07) is 11.3. The SMILES string of the molecule is CC(=Nn1c(C)nc2ccccc2c1=O)c1cccs1. The van der Waals surface area contributed by atoms with E-state index in [0.717, 1.165) is 10.6 Å². The van der Waals surface area contributed by atoms with E-state index in [4.69, 9.17) is 0 Å². The third-order valence-corrected chi connectivity index (χ3v) is 4.02. The molecule has 3 rings (SSSR count). The van der Waals surface area contributed by atoms with Gasteiger partial charge in [-0.1, -0.05) is 18.2 Å². The van der Waals surface area contributed by atoms with E-state index in [-0.39, 0.29) is 5.56 Å². The zero-order valence-electron chi connectivity index (χ0n) is 11.2. The van der Waals surface area contributed by atoms with Crippen molar-refractivity contribution in [2.75, 3.05) is 0 Å². The molecule has 0 unspecified atom stereocenters. The van der Waals surface area contributed by atoms with E-state index in [1.165, 1.54) is 4.68 Å². The van der Waals surface area contributed by atoms with Gasteiger partial charge in [-0.2, -0.15) is 9.78 Å². The zero-order chi connectivity index (χ0) is 14.1. The molecule has 0 saturated heterocycles. The number of hydrogen-bond acceptors (Lipinski definition) is 4. The number of nitrogens with zero attached hydrogens (tertiary/aromatic N) is 3. The first kappa shape index (κ1) is 12.7. The van der Waals surface area contributed by atoms with Crippen molar-refractivity contribution in [1.29, 1.82) is 0 Å². The van der Waals surface area contributed by atoms with Crippen molar-refractivity contribution in [3.8, 4) is 0 Å². The maximum atomic E-state index is 12.5. The van der Waals surface area contributed by atoms with E-state index in [1.807, 2.05) is 42.6 Å². The normalized spacial score (nSPS) is 12.0. The fourth-order valence-corrected chi connectivity index (χ4v) is 2.71. The Morgan fingerprint density at radius 1 is 1.25 bits per heavy atom. The van der Waals surface area contributed by atoms with Crippen molar-refractivity contribution in [2.45, 2.75) is 13.8 Å². The van der Waals surface area contributed by atoms with Crippen LogP contribution in [0.4, 0.5) is 0 Å². The Balaban J connectivity index is 2.22. The number of hydrogen-bond donors (Lipinski definition) is 0. The van der Waals surface area contributed by atoms with Crippen molar-refractivity contribution in [2.24, 2.45) is 5.10 Å². The molecular weight excluding hydrogens is 270 g/mol. The van der Waals surface area contributed by atoms with Gasteiger partial charge in [0.25, 0.3) is 5.56 Å². The van der Waals surface area contributed by atoms with Crippen LogP contribution in [0.1, 0.15) is 17.6 Å². The second-order valence-corrected chi connectivity index (χ2v) is 5.40. The highest BCUT2D eigenvalue weighted by atomic mass is 32.1. The smallest absolute Gasteiger partial charge is 0.267 e. The van der Waals surface area contributed by atoms with Gasteiger partial charge in [-0.05, 0) is 37.4 Å². The first-order valence-corrected chi connectivity index (χ1v) is 7.12. The highest BCUT2D eigenvalue weighted by Gasteiger charge is 2.08. The summed E-state index contributed by atoms with van der Waals surface area (Å²) in [6.07, 6.45) is 0. The lowest BCUT2D eigenvalue weighted by Gasteiger charge is -2.06. The minimum atomic E-state index is -0.135. The van der Waals surface area contributed by atoms with Gasteiger partial charge in [-0.3, -0.25) is 4.79 Å². The molecular formula is C15H13N3OS. The summed E-state index contributed by atoms with van der Waals surface area (Å²) in [7, 11) is 0. The highest BCUT2D eigenvalue weighted by molar-refractivity contribution is 7.12. The molecule has 0 aliphatic rings. The predicted molar refractivity (Wildman–Crippen MR) is 82.7 cm³/mol. The average Bonchev–Trinajstić information content (AvgIpc) is 2.97. The third kappa shape index (κ3) is 2.16. The first-order valence-electron chi connectivity index (χ1n) is 6.24. The van der Waals surface area contributed by atoms with Crippen molar-refractivity contribution >= 4 is 28.0 Å². The minimum Gasteiger partial charge on any atom is -0.267 e. The van der Waals surface area contributed by atoms with E-state index in [1.54, 1.807) is 24.3 Å². The first-order chi connectivity index (χ1) is 9.66. The van der Waals surface area contributed by atoms with Gasteiger partial charge < -0.3 is 0 Å². The van der Waals surface area contributed by atoms with Gasteiger partial charge in [0.05, 0.1) is 21.5 Å². The number of para-hydroxylation sites is 1. The minimum absolute atomic E-state index is 0.135. The largest absolute Gasteiger partial charge is 0.282 e.